The molecular formula is C16H18N2O3. The van der Waals surface area contributed by atoms with E-state index < -0.39 is 11.9 Å². The lowest BCUT2D eigenvalue weighted by molar-refractivity contribution is 0.0689. The Hall–Kier alpha value is -2.35. The highest BCUT2D eigenvalue weighted by Crippen LogP contribution is 2.26. The lowest BCUT2D eigenvalue weighted by Crippen LogP contribution is -2.38. The molecule has 1 aromatic carbocycles. The molecule has 0 radical (unpaired) electrons. The van der Waals surface area contributed by atoms with E-state index in [1.807, 2.05) is 0 Å². The minimum absolute atomic E-state index is 0.0407. The fourth-order valence-corrected chi connectivity index (χ4v) is 2.91. The van der Waals surface area contributed by atoms with Gasteiger partial charge in [-0.3, -0.25) is 4.79 Å². The third-order valence-electron chi connectivity index (χ3n) is 4.06. The molecule has 5 heteroatoms. The van der Waals surface area contributed by atoms with Gasteiger partial charge in [0.2, 0.25) is 0 Å². The number of nitriles is 1. The molecule has 0 aromatic heterocycles. The van der Waals surface area contributed by atoms with Gasteiger partial charge in [-0.2, -0.15) is 5.26 Å². The molecule has 0 saturated heterocycles. The van der Waals surface area contributed by atoms with Crippen LogP contribution in [0, 0.1) is 31.1 Å². The Balaban J connectivity index is 2.34. The first-order chi connectivity index (χ1) is 9.95. The second kappa shape index (κ2) is 5.96. The molecule has 1 saturated carbocycles. The Kier molecular flexibility index (Phi) is 4.27. The number of rotatable bonds is 3. The number of nitrogens with one attached hydrogen (secondary N) is 1. The van der Waals surface area contributed by atoms with Crippen molar-refractivity contribution in [2.75, 3.05) is 0 Å². The molecule has 2 unspecified atom stereocenters. The monoisotopic (exact) mass is 286 g/mol. The van der Waals surface area contributed by atoms with Crippen LogP contribution in [-0.4, -0.2) is 23.0 Å². The Bertz CT molecular complexity index is 631. The second-order valence-electron chi connectivity index (χ2n) is 5.50. The Morgan fingerprint density at radius 3 is 2.43 bits per heavy atom. The molecule has 0 aliphatic heterocycles. The predicted molar refractivity (Wildman–Crippen MR) is 77.1 cm³/mol. The zero-order chi connectivity index (χ0) is 15.6. The van der Waals surface area contributed by atoms with Crippen molar-refractivity contribution in [1.29, 1.82) is 5.26 Å². The van der Waals surface area contributed by atoms with Crippen LogP contribution in [-0.2, 0) is 0 Å². The van der Waals surface area contributed by atoms with Crippen LogP contribution in [0.2, 0.25) is 0 Å². The van der Waals surface area contributed by atoms with Gasteiger partial charge in [0, 0.05) is 6.04 Å². The van der Waals surface area contributed by atoms with Gasteiger partial charge in [-0.1, -0.05) is 12.1 Å². The number of nitrogens with zero attached hydrogens (tertiary/aromatic N) is 1. The van der Waals surface area contributed by atoms with Gasteiger partial charge in [0.25, 0.3) is 5.91 Å². The maximum atomic E-state index is 12.5. The van der Waals surface area contributed by atoms with E-state index in [1.165, 1.54) is 0 Å². The van der Waals surface area contributed by atoms with E-state index in [-0.39, 0.29) is 23.1 Å². The Morgan fingerprint density at radius 2 is 1.86 bits per heavy atom. The molecule has 0 heterocycles. The molecule has 1 aliphatic rings. The summed E-state index contributed by atoms with van der Waals surface area (Å²) in [6.07, 6.45) is 2.44. The standard InChI is InChI=1S/C16H18N2O3/c1-9-6-7-10(2)14(16(20)21)13(9)15(19)18-12-5-3-4-11(12)8-17/h6-7,11-12H,3-5H2,1-2H3,(H,18,19)(H,20,21). The van der Waals surface area contributed by atoms with E-state index in [0.717, 1.165) is 19.3 Å². The normalized spacial score (nSPS) is 20.8. The van der Waals surface area contributed by atoms with E-state index in [1.54, 1.807) is 26.0 Å². The SMILES string of the molecule is Cc1ccc(C)c(C(=O)NC2CCCC2C#N)c1C(=O)O. The number of aryl methyl sites for hydroxylation is 2. The molecule has 5 nitrogen and oxygen atoms in total. The van der Waals surface area contributed by atoms with Gasteiger partial charge in [-0.05, 0) is 44.2 Å². The zero-order valence-electron chi connectivity index (χ0n) is 12.1. The third-order valence-corrected chi connectivity index (χ3v) is 4.06. The van der Waals surface area contributed by atoms with E-state index in [9.17, 15) is 14.7 Å². The molecule has 1 amide bonds. The Labute approximate surface area is 123 Å². The molecule has 0 bridgehead atoms. The molecule has 21 heavy (non-hydrogen) atoms. The van der Waals surface area contributed by atoms with Crippen molar-refractivity contribution in [2.45, 2.75) is 39.2 Å². The summed E-state index contributed by atoms with van der Waals surface area (Å²) < 4.78 is 0. The fourth-order valence-electron chi connectivity index (χ4n) is 2.91. The molecule has 0 spiro atoms. The van der Waals surface area contributed by atoms with Gasteiger partial charge in [-0.25, -0.2) is 4.79 Å². The van der Waals surface area contributed by atoms with Gasteiger partial charge in [0.15, 0.2) is 0 Å². The van der Waals surface area contributed by atoms with Crippen molar-refractivity contribution in [3.63, 3.8) is 0 Å². The van der Waals surface area contributed by atoms with Crippen LogP contribution in [0.4, 0.5) is 0 Å². The van der Waals surface area contributed by atoms with Crippen LogP contribution in [0.5, 0.6) is 0 Å². The van der Waals surface area contributed by atoms with Crippen LogP contribution in [0.25, 0.3) is 0 Å². The topological polar surface area (TPSA) is 90.2 Å². The summed E-state index contributed by atoms with van der Waals surface area (Å²) in [6, 6.07) is 5.45. The maximum absolute atomic E-state index is 12.5. The van der Waals surface area contributed by atoms with Crippen LogP contribution in [0.15, 0.2) is 12.1 Å². The van der Waals surface area contributed by atoms with Crippen LogP contribution < -0.4 is 5.32 Å². The van der Waals surface area contributed by atoms with E-state index in [4.69, 9.17) is 5.26 Å². The number of carboxylic acid groups (broad SMARTS) is 1. The number of carbonyl (C=O) groups excluding carboxylic acids is 1. The quantitative estimate of drug-likeness (QED) is 0.892. The van der Waals surface area contributed by atoms with E-state index in [0.29, 0.717) is 11.1 Å². The van der Waals surface area contributed by atoms with E-state index >= 15 is 0 Å². The molecule has 2 N–H and O–H groups in total. The van der Waals surface area contributed by atoms with Crippen molar-refractivity contribution >= 4 is 11.9 Å². The summed E-state index contributed by atoms with van der Waals surface area (Å²) in [6.45, 7) is 3.39. The fraction of sp³-hybridized carbons (Fsp3) is 0.438. The van der Waals surface area contributed by atoms with Crippen molar-refractivity contribution in [2.24, 2.45) is 5.92 Å². The number of hydrogen-bond acceptors (Lipinski definition) is 3. The van der Waals surface area contributed by atoms with Crippen molar-refractivity contribution in [3.05, 3.63) is 34.4 Å². The highest BCUT2D eigenvalue weighted by molar-refractivity contribution is 6.06. The van der Waals surface area contributed by atoms with Crippen LogP contribution in [0.3, 0.4) is 0 Å². The summed E-state index contributed by atoms with van der Waals surface area (Å²) in [5.41, 5.74) is 1.42. The molecule has 2 rings (SSSR count). The maximum Gasteiger partial charge on any atom is 0.336 e. The summed E-state index contributed by atoms with van der Waals surface area (Å²) in [5.74, 6) is -1.70. The average Bonchev–Trinajstić information content (AvgIpc) is 2.87. The molecule has 110 valence electrons. The van der Waals surface area contributed by atoms with Crippen molar-refractivity contribution in [3.8, 4) is 6.07 Å². The van der Waals surface area contributed by atoms with Crippen LogP contribution >= 0.6 is 0 Å². The molecular weight excluding hydrogens is 268 g/mol. The van der Waals surface area contributed by atoms with Gasteiger partial charge < -0.3 is 10.4 Å². The second-order valence-corrected chi connectivity index (χ2v) is 5.50. The first-order valence-electron chi connectivity index (χ1n) is 6.99. The summed E-state index contributed by atoms with van der Waals surface area (Å²) in [7, 11) is 0. The minimum atomic E-state index is -1.11. The molecule has 1 aromatic rings. The number of benzene rings is 1. The highest BCUT2D eigenvalue weighted by atomic mass is 16.4. The zero-order valence-corrected chi connectivity index (χ0v) is 12.1. The van der Waals surface area contributed by atoms with Gasteiger partial charge in [0.05, 0.1) is 23.1 Å². The minimum Gasteiger partial charge on any atom is -0.478 e. The van der Waals surface area contributed by atoms with Crippen LogP contribution in [0.1, 0.15) is 51.1 Å². The van der Waals surface area contributed by atoms with E-state index in [2.05, 4.69) is 11.4 Å². The Morgan fingerprint density at radius 1 is 1.24 bits per heavy atom. The largest absolute Gasteiger partial charge is 0.478 e. The lowest BCUT2D eigenvalue weighted by atomic mass is 9.96. The number of carbonyl (C=O) groups is 2. The van der Waals surface area contributed by atoms with Gasteiger partial charge in [-0.15, -0.1) is 0 Å². The highest BCUT2D eigenvalue weighted by Gasteiger charge is 2.30. The lowest BCUT2D eigenvalue weighted by Gasteiger charge is -2.18. The van der Waals surface area contributed by atoms with Crippen molar-refractivity contribution < 1.29 is 14.7 Å². The smallest absolute Gasteiger partial charge is 0.336 e. The number of amides is 1. The number of hydrogen-bond donors (Lipinski definition) is 2. The summed E-state index contributed by atoms with van der Waals surface area (Å²) in [4.78, 5) is 23.9. The third kappa shape index (κ3) is 2.89. The predicted octanol–water partition coefficient (Wildman–Crippen LogP) is 2.42. The summed E-state index contributed by atoms with van der Waals surface area (Å²) in [5, 5.41) is 21.2. The summed E-state index contributed by atoms with van der Waals surface area (Å²) >= 11 is 0. The number of carboxylic acids is 1. The molecule has 1 aliphatic carbocycles. The molecule has 1 fully saturated rings. The van der Waals surface area contributed by atoms with Gasteiger partial charge in [0.1, 0.15) is 0 Å². The number of aromatic carboxylic acids is 1. The first-order valence-corrected chi connectivity index (χ1v) is 6.99. The van der Waals surface area contributed by atoms with Crippen molar-refractivity contribution in [1.82, 2.24) is 5.32 Å². The average molecular weight is 286 g/mol. The van der Waals surface area contributed by atoms with Gasteiger partial charge >= 0.3 is 5.97 Å². The first kappa shape index (κ1) is 15.0. The molecule has 2 atom stereocenters.